The molecule has 0 spiro atoms. The van der Waals surface area contributed by atoms with E-state index in [4.69, 9.17) is 11.6 Å². The summed E-state index contributed by atoms with van der Waals surface area (Å²) in [7, 11) is 2.05. The molecule has 0 saturated carbocycles. The number of nitrogens with one attached hydrogen (secondary N) is 1. The first kappa shape index (κ1) is 12.8. The Bertz CT molecular complexity index is 574. The lowest BCUT2D eigenvalue weighted by molar-refractivity contribution is 0.498. The van der Waals surface area contributed by atoms with Crippen molar-refractivity contribution < 1.29 is 0 Å². The Hall–Kier alpha value is -1.25. The molecule has 1 atom stereocenters. The molecule has 1 unspecified atom stereocenters. The smallest absolute Gasteiger partial charge is 0.0470 e. The molecule has 2 nitrogen and oxygen atoms in total. The molecule has 0 saturated heterocycles. The first-order chi connectivity index (χ1) is 9.26. The van der Waals surface area contributed by atoms with Gasteiger partial charge in [-0.05, 0) is 55.1 Å². The minimum atomic E-state index is 0.518. The fourth-order valence-electron chi connectivity index (χ4n) is 2.99. The van der Waals surface area contributed by atoms with Crippen molar-refractivity contribution in [2.75, 3.05) is 7.05 Å². The molecule has 1 aliphatic carbocycles. The van der Waals surface area contributed by atoms with Crippen molar-refractivity contribution in [3.05, 3.63) is 58.4 Å². The van der Waals surface area contributed by atoms with Crippen LogP contribution in [0.1, 0.15) is 35.6 Å². The van der Waals surface area contributed by atoms with E-state index < -0.39 is 0 Å². The molecule has 1 aromatic heterocycles. The molecule has 3 rings (SSSR count). The predicted molar refractivity (Wildman–Crippen MR) is 79.7 cm³/mol. The van der Waals surface area contributed by atoms with Gasteiger partial charge in [-0.2, -0.15) is 0 Å². The van der Waals surface area contributed by atoms with Crippen LogP contribution in [0.4, 0.5) is 0 Å². The van der Waals surface area contributed by atoms with Crippen LogP contribution in [0, 0.1) is 0 Å². The number of rotatable bonds is 3. The lowest BCUT2D eigenvalue weighted by atomic mass is 9.91. The van der Waals surface area contributed by atoms with Crippen molar-refractivity contribution in [1.29, 1.82) is 0 Å². The van der Waals surface area contributed by atoms with E-state index in [1.165, 1.54) is 36.0 Å². The molecule has 0 aliphatic heterocycles. The Morgan fingerprint density at radius 1 is 1.37 bits per heavy atom. The van der Waals surface area contributed by atoms with Gasteiger partial charge in [-0.3, -0.25) is 0 Å². The van der Waals surface area contributed by atoms with Crippen LogP contribution in [0.3, 0.4) is 0 Å². The number of nitrogens with zero attached hydrogens (tertiary/aromatic N) is 1. The Morgan fingerprint density at radius 2 is 2.26 bits per heavy atom. The molecule has 3 heteroatoms. The van der Waals surface area contributed by atoms with Crippen molar-refractivity contribution >= 4 is 11.6 Å². The number of benzene rings is 1. The van der Waals surface area contributed by atoms with Gasteiger partial charge < -0.3 is 9.88 Å². The lowest BCUT2D eigenvalue weighted by Gasteiger charge is -2.21. The highest BCUT2D eigenvalue weighted by Crippen LogP contribution is 2.30. The molecule has 1 aromatic carbocycles. The highest BCUT2D eigenvalue weighted by Gasteiger charge is 2.20. The second kappa shape index (κ2) is 5.40. The molecule has 0 radical (unpaired) electrons. The molecule has 100 valence electrons. The maximum absolute atomic E-state index is 6.04. The Balaban J connectivity index is 1.85. The number of fused-ring (bicyclic) bond motifs is 1. The number of halogens is 1. The van der Waals surface area contributed by atoms with E-state index in [-0.39, 0.29) is 0 Å². The van der Waals surface area contributed by atoms with E-state index >= 15 is 0 Å². The van der Waals surface area contributed by atoms with Crippen molar-refractivity contribution in [2.24, 2.45) is 0 Å². The van der Waals surface area contributed by atoms with Crippen LogP contribution >= 0.6 is 11.6 Å². The molecule has 0 fully saturated rings. The molecule has 1 aliphatic rings. The summed E-state index contributed by atoms with van der Waals surface area (Å²) in [6.07, 6.45) is 8.30. The van der Waals surface area contributed by atoms with Crippen LogP contribution in [0.25, 0.3) is 0 Å². The summed E-state index contributed by atoms with van der Waals surface area (Å²) in [6.45, 7) is 0.893. The van der Waals surface area contributed by atoms with Gasteiger partial charge in [0, 0.05) is 30.0 Å². The van der Waals surface area contributed by atoms with Crippen LogP contribution in [0.15, 0.2) is 36.7 Å². The fourth-order valence-corrected chi connectivity index (χ4v) is 3.20. The van der Waals surface area contributed by atoms with Crippen LogP contribution in [0.2, 0.25) is 5.02 Å². The monoisotopic (exact) mass is 274 g/mol. The third-order valence-corrected chi connectivity index (χ3v) is 4.15. The van der Waals surface area contributed by atoms with Crippen LogP contribution in [0.5, 0.6) is 0 Å². The topological polar surface area (TPSA) is 17.0 Å². The van der Waals surface area contributed by atoms with Gasteiger partial charge in [0.1, 0.15) is 0 Å². The highest BCUT2D eigenvalue weighted by molar-refractivity contribution is 6.30. The molecule has 0 bridgehead atoms. The molecular weight excluding hydrogens is 256 g/mol. The van der Waals surface area contributed by atoms with Crippen molar-refractivity contribution in [3.8, 4) is 0 Å². The van der Waals surface area contributed by atoms with E-state index in [1.54, 1.807) is 0 Å². The summed E-state index contributed by atoms with van der Waals surface area (Å²) < 4.78 is 2.28. The van der Waals surface area contributed by atoms with E-state index in [1.807, 2.05) is 25.2 Å². The molecule has 1 N–H and O–H groups in total. The van der Waals surface area contributed by atoms with E-state index in [0.29, 0.717) is 6.04 Å². The maximum Gasteiger partial charge on any atom is 0.0470 e. The van der Waals surface area contributed by atoms with Crippen molar-refractivity contribution in [3.63, 3.8) is 0 Å². The zero-order valence-electron chi connectivity index (χ0n) is 11.2. The standard InChI is InChI=1S/C16H19ClN2/c1-18-16-7-3-5-13-10-19(11-15(13)16)9-12-4-2-6-14(17)8-12/h2,4,6,8,10-11,16,18H,3,5,7,9H2,1H3. The zero-order chi connectivity index (χ0) is 13.2. The SMILES string of the molecule is CNC1CCCc2cn(Cc3cccc(Cl)c3)cc21. The van der Waals surface area contributed by atoms with Gasteiger partial charge in [0.15, 0.2) is 0 Å². The molecule has 1 heterocycles. The second-order valence-electron chi connectivity index (χ2n) is 5.27. The van der Waals surface area contributed by atoms with Crippen LogP contribution in [-0.2, 0) is 13.0 Å². The number of aryl methyl sites for hydroxylation is 1. The van der Waals surface area contributed by atoms with Gasteiger partial charge >= 0.3 is 0 Å². The van der Waals surface area contributed by atoms with Gasteiger partial charge in [-0.1, -0.05) is 23.7 Å². The minimum absolute atomic E-state index is 0.518. The van der Waals surface area contributed by atoms with E-state index in [9.17, 15) is 0 Å². The summed E-state index contributed by atoms with van der Waals surface area (Å²) in [5.74, 6) is 0. The Morgan fingerprint density at radius 3 is 3.05 bits per heavy atom. The number of aromatic nitrogens is 1. The summed E-state index contributed by atoms with van der Waals surface area (Å²) in [5, 5.41) is 4.22. The fraction of sp³-hybridized carbons (Fsp3) is 0.375. The minimum Gasteiger partial charge on any atom is -0.349 e. The quantitative estimate of drug-likeness (QED) is 0.901. The normalized spacial score (nSPS) is 18.3. The van der Waals surface area contributed by atoms with Crippen LogP contribution < -0.4 is 5.32 Å². The second-order valence-corrected chi connectivity index (χ2v) is 5.71. The first-order valence-corrected chi connectivity index (χ1v) is 7.24. The summed E-state index contributed by atoms with van der Waals surface area (Å²) in [5.41, 5.74) is 4.21. The van der Waals surface area contributed by atoms with Gasteiger partial charge in [0.05, 0.1) is 0 Å². The van der Waals surface area contributed by atoms with Gasteiger partial charge in [0.2, 0.25) is 0 Å². The van der Waals surface area contributed by atoms with E-state index in [2.05, 4.69) is 28.3 Å². The highest BCUT2D eigenvalue weighted by atomic mass is 35.5. The van der Waals surface area contributed by atoms with Crippen molar-refractivity contribution in [1.82, 2.24) is 9.88 Å². The number of hydrogen-bond acceptors (Lipinski definition) is 1. The lowest BCUT2D eigenvalue weighted by Crippen LogP contribution is -2.20. The average Bonchev–Trinajstić information content (AvgIpc) is 2.80. The largest absolute Gasteiger partial charge is 0.349 e. The third kappa shape index (κ3) is 2.70. The van der Waals surface area contributed by atoms with Gasteiger partial charge in [-0.15, -0.1) is 0 Å². The van der Waals surface area contributed by atoms with Gasteiger partial charge in [0.25, 0.3) is 0 Å². The summed E-state index contributed by atoms with van der Waals surface area (Å²) >= 11 is 6.04. The van der Waals surface area contributed by atoms with Crippen molar-refractivity contribution in [2.45, 2.75) is 31.8 Å². The molecule has 2 aromatic rings. The van der Waals surface area contributed by atoms with Crippen LogP contribution in [-0.4, -0.2) is 11.6 Å². The Labute approximate surface area is 119 Å². The average molecular weight is 275 g/mol. The maximum atomic E-state index is 6.04. The first-order valence-electron chi connectivity index (χ1n) is 6.86. The number of hydrogen-bond donors (Lipinski definition) is 1. The molecule has 0 amide bonds. The molecular formula is C16H19ClN2. The summed E-state index contributed by atoms with van der Waals surface area (Å²) in [6, 6.07) is 8.61. The summed E-state index contributed by atoms with van der Waals surface area (Å²) in [4.78, 5) is 0. The van der Waals surface area contributed by atoms with E-state index in [0.717, 1.165) is 11.6 Å². The predicted octanol–water partition coefficient (Wildman–Crippen LogP) is 3.79. The third-order valence-electron chi connectivity index (χ3n) is 3.91. The zero-order valence-corrected chi connectivity index (χ0v) is 12.0. The molecule has 19 heavy (non-hydrogen) atoms. The van der Waals surface area contributed by atoms with Gasteiger partial charge in [-0.25, -0.2) is 0 Å². The Kier molecular flexibility index (Phi) is 3.63.